The third kappa shape index (κ3) is 3.75. The summed E-state index contributed by atoms with van der Waals surface area (Å²) in [6.45, 7) is 0. The number of rotatable bonds is 2. The first kappa shape index (κ1) is 17.1. The summed E-state index contributed by atoms with van der Waals surface area (Å²) in [6, 6.07) is 2.60. The van der Waals surface area contributed by atoms with E-state index >= 15 is 0 Å². The van der Waals surface area contributed by atoms with Crippen molar-refractivity contribution < 1.29 is 31.1 Å². The lowest BCUT2D eigenvalue weighted by Gasteiger charge is -2.26. The van der Waals surface area contributed by atoms with Crippen LogP contribution in [-0.2, 0) is 11.0 Å². The fourth-order valence-electron chi connectivity index (χ4n) is 2.57. The number of alkyl halides is 6. The summed E-state index contributed by atoms with van der Waals surface area (Å²) in [6.07, 6.45) is -10.9. The van der Waals surface area contributed by atoms with E-state index in [9.17, 15) is 31.1 Å². The Hall–Kier alpha value is -2.24. The molecule has 1 unspecified atom stereocenters. The van der Waals surface area contributed by atoms with Crippen LogP contribution in [0.25, 0.3) is 0 Å². The first-order chi connectivity index (χ1) is 10.5. The lowest BCUT2D eigenvalue weighted by atomic mass is 10.1. The molecule has 2 rings (SSSR count). The van der Waals surface area contributed by atoms with Gasteiger partial charge in [-0.2, -0.15) is 31.6 Å². The quantitative estimate of drug-likeness (QED) is 0.766. The van der Waals surface area contributed by atoms with Gasteiger partial charge in [-0.05, 0) is 24.6 Å². The van der Waals surface area contributed by atoms with Crippen LogP contribution in [0, 0.1) is 11.3 Å². The van der Waals surface area contributed by atoms with Gasteiger partial charge in [0, 0.05) is 18.2 Å². The molecule has 0 aromatic heterocycles. The average molecular weight is 336 g/mol. The molecular formula is C14H10F6N2O. The van der Waals surface area contributed by atoms with E-state index in [-0.39, 0.29) is 18.5 Å². The van der Waals surface area contributed by atoms with Gasteiger partial charge in [0.2, 0.25) is 5.91 Å². The molecule has 1 aromatic carbocycles. The number of benzene rings is 1. The van der Waals surface area contributed by atoms with Crippen LogP contribution in [0.15, 0.2) is 18.2 Å². The second-order valence-electron chi connectivity index (χ2n) is 5.11. The largest absolute Gasteiger partial charge is 0.417 e. The molecule has 1 heterocycles. The fourth-order valence-corrected chi connectivity index (χ4v) is 2.57. The number of hydrogen-bond acceptors (Lipinski definition) is 2. The number of halogens is 6. The summed E-state index contributed by atoms with van der Waals surface area (Å²) in [4.78, 5) is 12.5. The van der Waals surface area contributed by atoms with Crippen LogP contribution in [0.2, 0.25) is 0 Å². The minimum absolute atomic E-state index is 0.0836. The number of anilines is 1. The average Bonchev–Trinajstić information content (AvgIpc) is 2.76. The van der Waals surface area contributed by atoms with Crippen LogP contribution in [0.4, 0.5) is 32.0 Å². The van der Waals surface area contributed by atoms with Gasteiger partial charge in [-0.1, -0.05) is 0 Å². The Balaban J connectivity index is 2.44. The number of amides is 1. The molecule has 1 fully saturated rings. The topological polar surface area (TPSA) is 44.1 Å². The molecule has 1 aliphatic rings. The highest BCUT2D eigenvalue weighted by Crippen LogP contribution is 2.38. The molecule has 3 nitrogen and oxygen atoms in total. The van der Waals surface area contributed by atoms with Gasteiger partial charge in [0.1, 0.15) is 0 Å². The van der Waals surface area contributed by atoms with Crippen molar-refractivity contribution >= 4 is 11.6 Å². The maximum absolute atomic E-state index is 12.9. The van der Waals surface area contributed by atoms with Crippen LogP contribution in [0.5, 0.6) is 0 Å². The number of carbonyl (C=O) groups is 1. The Bertz CT molecular complexity index is 659. The first-order valence-corrected chi connectivity index (χ1v) is 6.53. The summed E-state index contributed by atoms with van der Waals surface area (Å²) in [5.74, 6) is -0.669. The molecule has 124 valence electrons. The Morgan fingerprint density at radius 1 is 1.22 bits per heavy atom. The molecule has 0 spiro atoms. The first-order valence-electron chi connectivity index (χ1n) is 6.53. The molecule has 23 heavy (non-hydrogen) atoms. The predicted molar refractivity (Wildman–Crippen MR) is 67.3 cm³/mol. The van der Waals surface area contributed by atoms with Gasteiger partial charge in [0.15, 0.2) is 0 Å². The van der Waals surface area contributed by atoms with Crippen molar-refractivity contribution in [1.82, 2.24) is 0 Å². The van der Waals surface area contributed by atoms with Crippen molar-refractivity contribution in [2.75, 3.05) is 4.90 Å². The normalized spacial score (nSPS) is 19.1. The summed E-state index contributed by atoms with van der Waals surface area (Å²) in [7, 11) is 0. The molecule has 9 heteroatoms. The fraction of sp³-hybridized carbons (Fsp3) is 0.429. The summed E-state index contributed by atoms with van der Waals surface area (Å²) in [5, 5.41) is 8.72. The van der Waals surface area contributed by atoms with Crippen LogP contribution in [-0.4, -0.2) is 18.1 Å². The highest BCUT2D eigenvalue weighted by molar-refractivity contribution is 5.96. The molecule has 1 aliphatic heterocycles. The monoisotopic (exact) mass is 336 g/mol. The van der Waals surface area contributed by atoms with Crippen molar-refractivity contribution in [3.05, 3.63) is 29.3 Å². The van der Waals surface area contributed by atoms with Crippen molar-refractivity contribution in [2.45, 2.75) is 37.7 Å². The van der Waals surface area contributed by atoms with E-state index in [0.29, 0.717) is 6.07 Å². The highest BCUT2D eigenvalue weighted by atomic mass is 19.4. The SMILES string of the molecule is N#Cc1ccc(N2C(=O)CCC2CC(F)(F)F)cc1C(F)(F)F. The second kappa shape index (κ2) is 5.76. The van der Waals surface area contributed by atoms with Gasteiger partial charge in [0.05, 0.1) is 23.6 Å². The zero-order chi connectivity index (χ0) is 17.4. The second-order valence-corrected chi connectivity index (χ2v) is 5.11. The third-order valence-electron chi connectivity index (χ3n) is 3.50. The Kier molecular flexibility index (Phi) is 4.28. The van der Waals surface area contributed by atoms with E-state index in [0.717, 1.165) is 17.0 Å². The molecule has 1 saturated heterocycles. The molecule has 0 bridgehead atoms. The van der Waals surface area contributed by atoms with Crippen LogP contribution in [0.1, 0.15) is 30.4 Å². The maximum atomic E-state index is 12.9. The van der Waals surface area contributed by atoms with Gasteiger partial charge < -0.3 is 4.90 Å². The predicted octanol–water partition coefficient (Wildman–Crippen LogP) is 4.02. The molecular weight excluding hydrogens is 326 g/mol. The van der Waals surface area contributed by atoms with E-state index in [1.165, 1.54) is 6.07 Å². The van der Waals surface area contributed by atoms with Gasteiger partial charge in [-0.3, -0.25) is 4.79 Å². The van der Waals surface area contributed by atoms with E-state index < -0.39 is 41.8 Å². The van der Waals surface area contributed by atoms with Crippen molar-refractivity contribution in [3.8, 4) is 6.07 Å². The maximum Gasteiger partial charge on any atom is 0.417 e. The Labute approximate surface area is 127 Å². The lowest BCUT2D eigenvalue weighted by Crippen LogP contribution is -2.36. The third-order valence-corrected chi connectivity index (χ3v) is 3.50. The number of nitrogens with zero attached hydrogens (tertiary/aromatic N) is 2. The molecule has 0 N–H and O–H groups in total. The minimum atomic E-state index is -4.84. The lowest BCUT2D eigenvalue weighted by molar-refractivity contribution is -0.139. The summed E-state index contributed by atoms with van der Waals surface area (Å²) in [5.41, 5.74) is -2.21. The van der Waals surface area contributed by atoms with Gasteiger partial charge in [-0.25, -0.2) is 0 Å². The zero-order valence-corrected chi connectivity index (χ0v) is 11.5. The number of hydrogen-bond donors (Lipinski definition) is 0. The van der Waals surface area contributed by atoms with Gasteiger partial charge in [-0.15, -0.1) is 0 Å². The highest BCUT2D eigenvalue weighted by Gasteiger charge is 2.41. The molecule has 1 aromatic rings. The van der Waals surface area contributed by atoms with Crippen LogP contribution >= 0.6 is 0 Å². The van der Waals surface area contributed by atoms with Gasteiger partial charge in [0.25, 0.3) is 0 Å². The molecule has 1 atom stereocenters. The van der Waals surface area contributed by atoms with E-state index in [4.69, 9.17) is 5.26 Å². The number of carbonyl (C=O) groups excluding carboxylic acids is 1. The van der Waals surface area contributed by atoms with E-state index in [1.54, 1.807) is 0 Å². The standard InChI is InChI=1S/C14H10F6N2O/c15-13(16,17)6-10-3-4-12(23)22(10)9-2-1-8(7-21)11(5-9)14(18,19)20/h1-2,5,10H,3-4,6H2. The molecule has 0 radical (unpaired) electrons. The summed E-state index contributed by atoms with van der Waals surface area (Å²) < 4.78 is 76.4. The smallest absolute Gasteiger partial charge is 0.309 e. The van der Waals surface area contributed by atoms with Crippen molar-refractivity contribution in [1.29, 1.82) is 5.26 Å². The Morgan fingerprint density at radius 2 is 1.87 bits per heavy atom. The van der Waals surface area contributed by atoms with E-state index in [2.05, 4.69) is 0 Å². The van der Waals surface area contributed by atoms with E-state index in [1.807, 2.05) is 0 Å². The molecule has 0 aliphatic carbocycles. The van der Waals surface area contributed by atoms with Crippen molar-refractivity contribution in [3.63, 3.8) is 0 Å². The van der Waals surface area contributed by atoms with Crippen LogP contribution in [0.3, 0.4) is 0 Å². The molecule has 0 saturated carbocycles. The number of nitriles is 1. The summed E-state index contributed by atoms with van der Waals surface area (Å²) >= 11 is 0. The minimum Gasteiger partial charge on any atom is -0.309 e. The zero-order valence-electron chi connectivity index (χ0n) is 11.5. The Morgan fingerprint density at radius 3 is 2.39 bits per heavy atom. The van der Waals surface area contributed by atoms with Crippen molar-refractivity contribution in [2.24, 2.45) is 0 Å². The van der Waals surface area contributed by atoms with Gasteiger partial charge >= 0.3 is 12.4 Å². The molecule has 1 amide bonds. The van der Waals surface area contributed by atoms with Crippen LogP contribution < -0.4 is 4.90 Å².